The number of carbonyl (C=O) groups is 3. The summed E-state index contributed by atoms with van der Waals surface area (Å²) in [6.45, 7) is 2.04. The third-order valence-electron chi connectivity index (χ3n) is 4.69. The SMILES string of the molecule is CCOC(=O)Oc1ccc(C(=O)NCc2ccccc2NC(=O)c2cc(Cl)ccc2OC)cc1. The number of ether oxygens (including phenoxy) is 3. The molecule has 0 unspecified atom stereocenters. The van der Waals surface area contributed by atoms with Crippen molar-refractivity contribution in [3.63, 3.8) is 0 Å². The molecule has 0 aliphatic carbocycles. The van der Waals surface area contributed by atoms with Gasteiger partial charge in [-0.05, 0) is 61.0 Å². The van der Waals surface area contributed by atoms with Gasteiger partial charge in [-0.2, -0.15) is 0 Å². The molecule has 3 aromatic carbocycles. The van der Waals surface area contributed by atoms with Crippen molar-refractivity contribution in [2.24, 2.45) is 0 Å². The monoisotopic (exact) mass is 482 g/mol. The number of hydrogen-bond acceptors (Lipinski definition) is 6. The summed E-state index contributed by atoms with van der Waals surface area (Å²) in [5.41, 5.74) is 1.90. The van der Waals surface area contributed by atoms with Crippen LogP contribution in [0.3, 0.4) is 0 Å². The molecule has 0 aliphatic heterocycles. The van der Waals surface area contributed by atoms with Crippen molar-refractivity contribution >= 4 is 35.3 Å². The average molecular weight is 483 g/mol. The van der Waals surface area contributed by atoms with Crippen LogP contribution in [0.2, 0.25) is 5.02 Å². The second kappa shape index (κ2) is 11.7. The van der Waals surface area contributed by atoms with Gasteiger partial charge in [-0.25, -0.2) is 4.79 Å². The molecule has 2 N–H and O–H groups in total. The van der Waals surface area contributed by atoms with Crippen molar-refractivity contribution in [1.29, 1.82) is 0 Å². The summed E-state index contributed by atoms with van der Waals surface area (Å²) in [5.74, 6) is -0.0711. The van der Waals surface area contributed by atoms with Crippen LogP contribution in [0.15, 0.2) is 66.7 Å². The molecular weight excluding hydrogens is 460 g/mol. The number of carbonyl (C=O) groups excluding carboxylic acids is 3. The Morgan fingerprint density at radius 2 is 1.68 bits per heavy atom. The minimum absolute atomic E-state index is 0.170. The van der Waals surface area contributed by atoms with Crippen molar-refractivity contribution in [2.45, 2.75) is 13.5 Å². The van der Waals surface area contributed by atoms with Crippen LogP contribution in [0.5, 0.6) is 11.5 Å². The van der Waals surface area contributed by atoms with Gasteiger partial charge >= 0.3 is 6.16 Å². The molecule has 3 rings (SSSR count). The molecule has 0 saturated carbocycles. The zero-order valence-corrected chi connectivity index (χ0v) is 19.3. The Bertz CT molecular complexity index is 1180. The zero-order valence-electron chi connectivity index (χ0n) is 18.6. The molecule has 176 valence electrons. The van der Waals surface area contributed by atoms with E-state index in [0.717, 1.165) is 0 Å². The minimum Gasteiger partial charge on any atom is -0.496 e. The lowest BCUT2D eigenvalue weighted by Crippen LogP contribution is -2.24. The summed E-state index contributed by atoms with van der Waals surface area (Å²) >= 11 is 6.03. The number of para-hydroxylation sites is 1. The number of anilines is 1. The Kier molecular flexibility index (Phi) is 8.48. The summed E-state index contributed by atoms with van der Waals surface area (Å²) in [4.78, 5) is 36.8. The lowest BCUT2D eigenvalue weighted by Gasteiger charge is -2.14. The molecule has 0 atom stereocenters. The maximum absolute atomic E-state index is 12.8. The molecule has 3 aromatic rings. The first kappa shape index (κ1) is 24.6. The Morgan fingerprint density at radius 1 is 0.941 bits per heavy atom. The number of hydrogen-bond donors (Lipinski definition) is 2. The molecule has 0 aromatic heterocycles. The van der Waals surface area contributed by atoms with Crippen LogP contribution in [-0.4, -0.2) is 31.7 Å². The predicted molar refractivity (Wildman–Crippen MR) is 128 cm³/mol. The van der Waals surface area contributed by atoms with Crippen molar-refractivity contribution in [3.8, 4) is 11.5 Å². The van der Waals surface area contributed by atoms with Crippen LogP contribution in [-0.2, 0) is 11.3 Å². The van der Waals surface area contributed by atoms with Gasteiger partial charge in [0.2, 0.25) is 0 Å². The summed E-state index contributed by atoms with van der Waals surface area (Å²) < 4.78 is 14.9. The Hall–Kier alpha value is -4.04. The zero-order chi connectivity index (χ0) is 24.5. The van der Waals surface area contributed by atoms with Crippen molar-refractivity contribution in [1.82, 2.24) is 5.32 Å². The van der Waals surface area contributed by atoms with E-state index in [4.69, 9.17) is 25.8 Å². The van der Waals surface area contributed by atoms with E-state index in [0.29, 0.717) is 33.1 Å². The fraction of sp³-hybridized carbons (Fsp3) is 0.160. The highest BCUT2D eigenvalue weighted by atomic mass is 35.5. The minimum atomic E-state index is -0.811. The molecule has 0 heterocycles. The van der Waals surface area contributed by atoms with Gasteiger partial charge in [0.05, 0.1) is 19.3 Å². The van der Waals surface area contributed by atoms with Gasteiger partial charge in [-0.1, -0.05) is 29.8 Å². The Balaban J connectivity index is 1.65. The average Bonchev–Trinajstić information content (AvgIpc) is 2.83. The molecule has 9 heteroatoms. The van der Waals surface area contributed by atoms with Gasteiger partial charge in [0, 0.05) is 22.8 Å². The summed E-state index contributed by atoms with van der Waals surface area (Å²) in [5, 5.41) is 6.06. The number of amides is 2. The second-order valence-corrected chi connectivity index (χ2v) is 7.38. The highest BCUT2D eigenvalue weighted by molar-refractivity contribution is 6.31. The van der Waals surface area contributed by atoms with Crippen molar-refractivity contribution in [3.05, 3.63) is 88.4 Å². The summed E-state index contributed by atoms with van der Waals surface area (Å²) in [7, 11) is 1.47. The van der Waals surface area contributed by atoms with Crippen molar-refractivity contribution < 1.29 is 28.6 Å². The Labute approximate surface area is 201 Å². The van der Waals surface area contributed by atoms with E-state index in [2.05, 4.69) is 10.6 Å². The highest BCUT2D eigenvalue weighted by Gasteiger charge is 2.15. The highest BCUT2D eigenvalue weighted by Crippen LogP contribution is 2.25. The molecular formula is C25H23ClN2O6. The standard InChI is InChI=1S/C25H23ClN2O6/c1-3-33-25(31)34-19-11-8-16(9-12-19)23(29)27-15-17-6-4-5-7-21(17)28-24(30)20-14-18(26)10-13-22(20)32-2/h4-14H,3,15H2,1-2H3,(H,27,29)(H,28,30). The van der Waals surface area contributed by atoms with Crippen LogP contribution in [0, 0.1) is 0 Å². The quantitative estimate of drug-likeness (QED) is 0.343. The normalized spacial score (nSPS) is 10.2. The van der Waals surface area contributed by atoms with Crippen LogP contribution < -0.4 is 20.1 Å². The van der Waals surface area contributed by atoms with Gasteiger partial charge in [-0.15, -0.1) is 0 Å². The first-order chi connectivity index (χ1) is 16.4. The fourth-order valence-corrected chi connectivity index (χ4v) is 3.21. The van der Waals surface area contributed by atoms with E-state index in [1.165, 1.54) is 37.4 Å². The smallest absolute Gasteiger partial charge is 0.496 e. The number of rotatable bonds is 8. The van der Waals surface area contributed by atoms with E-state index in [9.17, 15) is 14.4 Å². The van der Waals surface area contributed by atoms with Crippen LogP contribution in [0.4, 0.5) is 10.5 Å². The maximum Gasteiger partial charge on any atom is 0.513 e. The van der Waals surface area contributed by atoms with Crippen LogP contribution in [0.25, 0.3) is 0 Å². The van der Waals surface area contributed by atoms with Gasteiger partial charge in [0.25, 0.3) is 11.8 Å². The lowest BCUT2D eigenvalue weighted by molar-refractivity contribution is 0.0950. The first-order valence-electron chi connectivity index (χ1n) is 10.4. The van der Waals surface area contributed by atoms with E-state index >= 15 is 0 Å². The third-order valence-corrected chi connectivity index (χ3v) is 4.93. The topological polar surface area (TPSA) is 103 Å². The molecule has 34 heavy (non-hydrogen) atoms. The lowest BCUT2D eigenvalue weighted by atomic mass is 10.1. The molecule has 2 amide bonds. The third kappa shape index (κ3) is 6.49. The molecule has 0 bridgehead atoms. The molecule has 0 aliphatic rings. The van der Waals surface area contributed by atoms with Crippen LogP contribution in [0.1, 0.15) is 33.2 Å². The number of benzene rings is 3. The van der Waals surface area contributed by atoms with E-state index < -0.39 is 12.1 Å². The molecule has 0 spiro atoms. The number of methoxy groups -OCH3 is 1. The van der Waals surface area contributed by atoms with E-state index in [-0.39, 0.29) is 24.8 Å². The van der Waals surface area contributed by atoms with Gasteiger partial charge in [0.15, 0.2) is 0 Å². The van der Waals surface area contributed by atoms with Gasteiger partial charge in [-0.3, -0.25) is 9.59 Å². The van der Waals surface area contributed by atoms with E-state index in [1.807, 2.05) is 0 Å². The number of nitrogens with one attached hydrogen (secondary N) is 2. The van der Waals surface area contributed by atoms with Gasteiger partial charge in [0.1, 0.15) is 11.5 Å². The maximum atomic E-state index is 12.8. The molecule has 8 nitrogen and oxygen atoms in total. The summed E-state index contributed by atoms with van der Waals surface area (Å²) in [6, 6.07) is 17.9. The first-order valence-corrected chi connectivity index (χ1v) is 10.7. The number of halogens is 1. The predicted octanol–water partition coefficient (Wildman–Crippen LogP) is 5.07. The summed E-state index contributed by atoms with van der Waals surface area (Å²) in [6.07, 6.45) is -0.811. The molecule has 0 radical (unpaired) electrons. The molecule has 0 fully saturated rings. The second-order valence-electron chi connectivity index (χ2n) is 6.95. The Morgan fingerprint density at radius 3 is 2.38 bits per heavy atom. The largest absolute Gasteiger partial charge is 0.513 e. The fourth-order valence-electron chi connectivity index (χ4n) is 3.04. The van der Waals surface area contributed by atoms with E-state index in [1.54, 1.807) is 43.3 Å². The van der Waals surface area contributed by atoms with Crippen molar-refractivity contribution in [2.75, 3.05) is 19.0 Å². The van der Waals surface area contributed by atoms with Crippen LogP contribution >= 0.6 is 11.6 Å². The van der Waals surface area contributed by atoms with Gasteiger partial charge < -0.3 is 24.8 Å². The molecule has 0 saturated heterocycles.